The highest BCUT2D eigenvalue weighted by Gasteiger charge is 2.25. The Morgan fingerprint density at radius 1 is 1.36 bits per heavy atom. The van der Waals surface area contributed by atoms with Crippen LogP contribution in [0, 0.1) is 0 Å². The standard InChI is InChI=1S/C18H21N5O2/c1-22-10-6-8-16(22)14-11-15(21-20-14)18(24)23(2)17(12-25-3)13-7-4-5-9-19-13/h4-11,17H,12H2,1-3H3,(H,20,21)/t17-/m0/s1. The van der Waals surface area contributed by atoms with Crippen LogP contribution in [0.4, 0.5) is 0 Å². The highest BCUT2D eigenvalue weighted by Crippen LogP contribution is 2.22. The number of carbonyl (C=O) groups is 1. The number of amides is 1. The van der Waals surface area contributed by atoms with E-state index in [1.807, 2.05) is 48.1 Å². The summed E-state index contributed by atoms with van der Waals surface area (Å²) in [5, 5.41) is 7.10. The summed E-state index contributed by atoms with van der Waals surface area (Å²) in [5.74, 6) is -0.166. The molecule has 130 valence electrons. The third-order valence-corrected chi connectivity index (χ3v) is 4.16. The fraction of sp³-hybridized carbons (Fsp3) is 0.278. The zero-order valence-corrected chi connectivity index (χ0v) is 14.5. The normalized spacial score (nSPS) is 12.1. The number of pyridine rings is 1. The molecule has 0 aromatic carbocycles. The van der Waals surface area contributed by atoms with Crippen molar-refractivity contribution in [2.75, 3.05) is 20.8 Å². The van der Waals surface area contributed by atoms with Gasteiger partial charge in [0, 0.05) is 33.6 Å². The molecule has 0 aliphatic heterocycles. The molecule has 3 heterocycles. The minimum Gasteiger partial charge on any atom is -0.382 e. The Bertz CT molecular complexity index is 840. The maximum atomic E-state index is 12.9. The van der Waals surface area contributed by atoms with Crippen molar-refractivity contribution in [3.8, 4) is 11.4 Å². The van der Waals surface area contributed by atoms with Crippen molar-refractivity contribution in [1.29, 1.82) is 0 Å². The molecule has 0 aliphatic rings. The fourth-order valence-electron chi connectivity index (χ4n) is 2.75. The lowest BCUT2D eigenvalue weighted by atomic mass is 10.1. The lowest BCUT2D eigenvalue weighted by Crippen LogP contribution is -2.34. The number of methoxy groups -OCH3 is 1. The Labute approximate surface area is 146 Å². The van der Waals surface area contributed by atoms with E-state index in [0.717, 1.165) is 17.1 Å². The zero-order valence-electron chi connectivity index (χ0n) is 14.5. The molecule has 1 amide bonds. The molecule has 0 radical (unpaired) electrons. The summed E-state index contributed by atoms with van der Waals surface area (Å²) in [5.41, 5.74) is 2.87. The molecule has 0 fully saturated rings. The van der Waals surface area contributed by atoms with Crippen molar-refractivity contribution in [1.82, 2.24) is 24.6 Å². The van der Waals surface area contributed by atoms with Gasteiger partial charge in [-0.05, 0) is 30.3 Å². The molecule has 0 saturated heterocycles. The van der Waals surface area contributed by atoms with Crippen LogP contribution in [0.3, 0.4) is 0 Å². The van der Waals surface area contributed by atoms with E-state index < -0.39 is 0 Å². The van der Waals surface area contributed by atoms with Crippen LogP contribution in [0.15, 0.2) is 48.8 Å². The molecule has 1 N–H and O–H groups in total. The molecule has 0 spiro atoms. The number of likely N-dealkylation sites (N-methyl/N-ethyl adjacent to an activating group) is 1. The summed E-state index contributed by atoms with van der Waals surface area (Å²) >= 11 is 0. The van der Waals surface area contributed by atoms with Crippen LogP contribution in [-0.4, -0.2) is 51.3 Å². The Morgan fingerprint density at radius 2 is 2.20 bits per heavy atom. The lowest BCUT2D eigenvalue weighted by molar-refractivity contribution is 0.0589. The summed E-state index contributed by atoms with van der Waals surface area (Å²) in [6, 6.07) is 11.0. The molecule has 0 aliphatic carbocycles. The number of H-pyrrole nitrogens is 1. The van der Waals surface area contributed by atoms with E-state index in [1.165, 1.54) is 0 Å². The Morgan fingerprint density at radius 3 is 2.84 bits per heavy atom. The van der Waals surface area contributed by atoms with Gasteiger partial charge in [0.05, 0.1) is 24.0 Å². The number of aryl methyl sites for hydroxylation is 1. The summed E-state index contributed by atoms with van der Waals surface area (Å²) < 4.78 is 7.24. The first-order valence-electron chi connectivity index (χ1n) is 7.96. The molecular weight excluding hydrogens is 318 g/mol. The molecule has 3 aromatic heterocycles. The number of rotatable bonds is 6. The van der Waals surface area contributed by atoms with Crippen LogP contribution in [0.1, 0.15) is 22.2 Å². The Kier molecular flexibility index (Phi) is 4.95. The van der Waals surface area contributed by atoms with Crippen LogP contribution in [0.2, 0.25) is 0 Å². The number of hydrogen-bond donors (Lipinski definition) is 1. The van der Waals surface area contributed by atoms with Crippen LogP contribution in [0.25, 0.3) is 11.4 Å². The Balaban J connectivity index is 1.84. The van der Waals surface area contributed by atoms with E-state index in [1.54, 1.807) is 31.3 Å². The molecule has 7 nitrogen and oxygen atoms in total. The van der Waals surface area contributed by atoms with Crippen molar-refractivity contribution in [3.05, 3.63) is 60.2 Å². The molecule has 25 heavy (non-hydrogen) atoms. The molecule has 1 atom stereocenters. The summed E-state index contributed by atoms with van der Waals surface area (Å²) in [4.78, 5) is 18.8. The second kappa shape index (κ2) is 7.31. The second-order valence-corrected chi connectivity index (χ2v) is 5.81. The van der Waals surface area contributed by atoms with Gasteiger partial charge in [0.1, 0.15) is 11.4 Å². The molecule has 0 saturated carbocycles. The zero-order chi connectivity index (χ0) is 17.8. The van der Waals surface area contributed by atoms with Gasteiger partial charge < -0.3 is 14.2 Å². The van der Waals surface area contributed by atoms with Crippen molar-refractivity contribution < 1.29 is 9.53 Å². The van der Waals surface area contributed by atoms with Gasteiger partial charge in [-0.3, -0.25) is 14.9 Å². The van der Waals surface area contributed by atoms with Crippen LogP contribution in [0.5, 0.6) is 0 Å². The van der Waals surface area contributed by atoms with Gasteiger partial charge in [-0.25, -0.2) is 0 Å². The topological polar surface area (TPSA) is 76.0 Å². The quantitative estimate of drug-likeness (QED) is 0.747. The van der Waals surface area contributed by atoms with Crippen LogP contribution < -0.4 is 0 Å². The minimum absolute atomic E-state index is 0.166. The van der Waals surface area contributed by atoms with E-state index in [9.17, 15) is 4.79 Å². The third kappa shape index (κ3) is 3.46. The Hall–Kier alpha value is -2.93. The average molecular weight is 339 g/mol. The maximum absolute atomic E-state index is 12.9. The number of ether oxygens (including phenoxy) is 1. The van der Waals surface area contributed by atoms with E-state index >= 15 is 0 Å². The van der Waals surface area contributed by atoms with Gasteiger partial charge in [-0.2, -0.15) is 5.10 Å². The molecular formula is C18H21N5O2. The van der Waals surface area contributed by atoms with Crippen molar-refractivity contribution in [3.63, 3.8) is 0 Å². The van der Waals surface area contributed by atoms with Gasteiger partial charge in [0.2, 0.25) is 0 Å². The number of hydrogen-bond acceptors (Lipinski definition) is 4. The first kappa shape index (κ1) is 16.9. The fourth-order valence-corrected chi connectivity index (χ4v) is 2.75. The maximum Gasteiger partial charge on any atom is 0.272 e. The van der Waals surface area contributed by atoms with Crippen molar-refractivity contribution >= 4 is 5.91 Å². The SMILES string of the molecule is COC[C@@H](c1ccccn1)N(C)C(=O)c1cc(-c2cccn2C)n[nH]1. The molecule has 3 rings (SSSR count). The highest BCUT2D eigenvalue weighted by molar-refractivity contribution is 5.93. The molecule has 0 bridgehead atoms. The van der Waals surface area contributed by atoms with E-state index in [2.05, 4.69) is 15.2 Å². The number of nitrogens with one attached hydrogen (secondary N) is 1. The first-order valence-corrected chi connectivity index (χ1v) is 7.96. The monoisotopic (exact) mass is 339 g/mol. The molecule has 7 heteroatoms. The smallest absolute Gasteiger partial charge is 0.272 e. The second-order valence-electron chi connectivity index (χ2n) is 5.81. The van der Waals surface area contributed by atoms with Gasteiger partial charge in [-0.15, -0.1) is 0 Å². The van der Waals surface area contributed by atoms with Gasteiger partial charge in [0.15, 0.2) is 0 Å². The lowest BCUT2D eigenvalue weighted by Gasteiger charge is -2.26. The third-order valence-electron chi connectivity index (χ3n) is 4.16. The van der Waals surface area contributed by atoms with E-state index in [0.29, 0.717) is 12.3 Å². The van der Waals surface area contributed by atoms with Crippen LogP contribution in [-0.2, 0) is 11.8 Å². The number of carbonyl (C=O) groups excluding carboxylic acids is 1. The van der Waals surface area contributed by atoms with Crippen molar-refractivity contribution in [2.45, 2.75) is 6.04 Å². The summed E-state index contributed by atoms with van der Waals surface area (Å²) in [6.45, 7) is 0.359. The largest absolute Gasteiger partial charge is 0.382 e. The van der Waals surface area contributed by atoms with Gasteiger partial charge in [-0.1, -0.05) is 6.07 Å². The van der Waals surface area contributed by atoms with Crippen LogP contribution >= 0.6 is 0 Å². The van der Waals surface area contributed by atoms with E-state index in [4.69, 9.17) is 4.74 Å². The first-order chi connectivity index (χ1) is 12.1. The van der Waals surface area contributed by atoms with Crippen molar-refractivity contribution in [2.24, 2.45) is 7.05 Å². The molecule has 3 aromatic rings. The average Bonchev–Trinajstić information content (AvgIpc) is 3.28. The summed E-state index contributed by atoms with van der Waals surface area (Å²) in [6.07, 6.45) is 3.65. The highest BCUT2D eigenvalue weighted by atomic mass is 16.5. The predicted molar refractivity (Wildman–Crippen MR) is 93.9 cm³/mol. The summed E-state index contributed by atoms with van der Waals surface area (Å²) in [7, 11) is 5.29. The number of nitrogens with zero attached hydrogens (tertiary/aromatic N) is 4. The van der Waals surface area contributed by atoms with Gasteiger partial charge >= 0.3 is 0 Å². The predicted octanol–water partition coefficient (Wildman–Crippen LogP) is 2.27. The molecule has 0 unspecified atom stereocenters. The number of aromatic nitrogens is 4. The van der Waals surface area contributed by atoms with E-state index in [-0.39, 0.29) is 11.9 Å². The minimum atomic E-state index is -0.277. The van der Waals surface area contributed by atoms with Gasteiger partial charge in [0.25, 0.3) is 5.91 Å². The number of aromatic amines is 1.